The first-order chi connectivity index (χ1) is 13.8. The summed E-state index contributed by atoms with van der Waals surface area (Å²) >= 11 is 6.11. The lowest BCUT2D eigenvalue weighted by molar-refractivity contribution is 0.102. The second kappa shape index (κ2) is 9.26. The molecule has 6 nitrogen and oxygen atoms in total. The maximum atomic E-state index is 12.7. The van der Waals surface area contributed by atoms with Crippen LogP contribution >= 0.6 is 11.6 Å². The van der Waals surface area contributed by atoms with Crippen molar-refractivity contribution >= 4 is 33.2 Å². The van der Waals surface area contributed by atoms with Crippen LogP contribution in [0.2, 0.25) is 5.02 Å². The Kier molecular flexibility index (Phi) is 6.95. The second-order valence-electron chi connectivity index (χ2n) is 7.37. The molecule has 0 aromatic heterocycles. The van der Waals surface area contributed by atoms with E-state index in [9.17, 15) is 13.2 Å². The number of benzene rings is 2. The average molecular weight is 437 g/mol. The first-order valence-corrected chi connectivity index (χ1v) is 11.4. The van der Waals surface area contributed by atoms with E-state index in [1.165, 1.54) is 18.2 Å². The first kappa shape index (κ1) is 21.8. The summed E-state index contributed by atoms with van der Waals surface area (Å²) in [5.74, 6) is -0.0767. The lowest BCUT2D eigenvalue weighted by atomic mass is 10.0. The van der Waals surface area contributed by atoms with Gasteiger partial charge < -0.3 is 10.1 Å². The number of anilines is 1. The third-order valence-corrected chi connectivity index (χ3v) is 6.72. The van der Waals surface area contributed by atoms with Gasteiger partial charge in [-0.2, -0.15) is 0 Å². The molecule has 1 heterocycles. The van der Waals surface area contributed by atoms with E-state index in [1.807, 2.05) is 18.2 Å². The highest BCUT2D eigenvalue weighted by Crippen LogP contribution is 2.24. The smallest absolute Gasteiger partial charge is 0.255 e. The van der Waals surface area contributed by atoms with Gasteiger partial charge in [-0.1, -0.05) is 37.6 Å². The highest BCUT2D eigenvalue weighted by molar-refractivity contribution is 7.89. The highest BCUT2D eigenvalue weighted by atomic mass is 35.5. The van der Waals surface area contributed by atoms with Crippen molar-refractivity contribution in [2.45, 2.75) is 43.6 Å². The summed E-state index contributed by atoms with van der Waals surface area (Å²) in [4.78, 5) is 12.5. The Morgan fingerprint density at radius 1 is 1.24 bits per heavy atom. The Bertz CT molecular complexity index is 986. The van der Waals surface area contributed by atoms with E-state index in [4.69, 9.17) is 16.3 Å². The Hall–Kier alpha value is -1.93. The Morgan fingerprint density at radius 2 is 2.03 bits per heavy atom. The number of carbonyl (C=O) groups excluding carboxylic acids is 1. The maximum Gasteiger partial charge on any atom is 0.255 e. The zero-order chi connectivity index (χ0) is 21.0. The number of halogens is 1. The van der Waals surface area contributed by atoms with Crippen molar-refractivity contribution in [3.8, 4) is 0 Å². The Morgan fingerprint density at radius 3 is 2.72 bits per heavy atom. The molecule has 2 N–H and O–H groups in total. The lowest BCUT2D eigenvalue weighted by Gasteiger charge is -2.13. The molecule has 8 heteroatoms. The van der Waals surface area contributed by atoms with Crippen LogP contribution in [-0.4, -0.2) is 33.6 Å². The standard InChI is InChI=1S/C21H25ClN2O4S/c1-14(2)15-5-3-6-17(11-15)24-21(25)16-8-9-19(22)20(12-16)29(26,27)23-13-18-7-4-10-28-18/h3,5-6,8-9,11-12,14,18,23H,4,7,10,13H2,1-2H3,(H,24,25). The molecule has 0 saturated carbocycles. The van der Waals surface area contributed by atoms with Crippen molar-refractivity contribution in [2.75, 3.05) is 18.5 Å². The van der Waals surface area contributed by atoms with Crippen molar-refractivity contribution in [2.24, 2.45) is 0 Å². The molecule has 29 heavy (non-hydrogen) atoms. The number of hydrogen-bond acceptors (Lipinski definition) is 4. The van der Waals surface area contributed by atoms with Gasteiger partial charge in [-0.15, -0.1) is 0 Å². The second-order valence-corrected chi connectivity index (χ2v) is 9.51. The van der Waals surface area contributed by atoms with Crippen LogP contribution in [0.1, 0.15) is 48.5 Å². The quantitative estimate of drug-likeness (QED) is 0.682. The number of ether oxygens (including phenoxy) is 1. The molecule has 0 spiro atoms. The fourth-order valence-electron chi connectivity index (χ4n) is 3.12. The molecule has 1 amide bonds. The van der Waals surface area contributed by atoms with Crippen LogP contribution in [0, 0.1) is 0 Å². The van der Waals surface area contributed by atoms with E-state index < -0.39 is 15.9 Å². The highest BCUT2D eigenvalue weighted by Gasteiger charge is 2.23. The summed E-state index contributed by atoms with van der Waals surface area (Å²) in [6.07, 6.45) is 1.60. The van der Waals surface area contributed by atoms with Gasteiger partial charge in [-0.05, 0) is 54.7 Å². The van der Waals surface area contributed by atoms with Crippen LogP contribution < -0.4 is 10.0 Å². The van der Waals surface area contributed by atoms with E-state index in [1.54, 1.807) is 6.07 Å². The third-order valence-electron chi connectivity index (χ3n) is 4.82. The van der Waals surface area contributed by atoms with Crippen LogP contribution in [-0.2, 0) is 14.8 Å². The number of rotatable bonds is 7. The van der Waals surface area contributed by atoms with Crippen LogP contribution in [0.15, 0.2) is 47.4 Å². The Labute approximate surface area is 176 Å². The topological polar surface area (TPSA) is 84.5 Å². The SMILES string of the molecule is CC(C)c1cccc(NC(=O)c2ccc(Cl)c(S(=O)(=O)NCC3CCCO3)c2)c1. The molecular weight excluding hydrogens is 412 g/mol. The molecule has 2 aromatic rings. The van der Waals surface area contributed by atoms with E-state index in [-0.39, 0.29) is 28.1 Å². The fraction of sp³-hybridized carbons (Fsp3) is 0.381. The summed E-state index contributed by atoms with van der Waals surface area (Å²) in [5, 5.41) is 2.87. The minimum Gasteiger partial charge on any atom is -0.377 e. The fourth-order valence-corrected chi connectivity index (χ4v) is 4.71. The Balaban J connectivity index is 1.77. The molecule has 0 aliphatic carbocycles. The lowest BCUT2D eigenvalue weighted by Crippen LogP contribution is -2.32. The largest absolute Gasteiger partial charge is 0.377 e. The summed E-state index contributed by atoms with van der Waals surface area (Å²) in [6, 6.07) is 11.8. The van der Waals surface area contributed by atoms with E-state index >= 15 is 0 Å². The molecule has 1 atom stereocenters. The van der Waals surface area contributed by atoms with Crippen molar-refractivity contribution in [3.05, 3.63) is 58.6 Å². The zero-order valence-electron chi connectivity index (χ0n) is 16.4. The summed E-state index contributed by atoms with van der Waals surface area (Å²) < 4.78 is 33.3. The van der Waals surface area contributed by atoms with E-state index in [0.29, 0.717) is 18.2 Å². The molecule has 156 valence electrons. The number of hydrogen-bond donors (Lipinski definition) is 2. The summed E-state index contributed by atoms with van der Waals surface area (Å²) in [6.45, 7) is 4.96. The van der Waals surface area contributed by atoms with Gasteiger partial charge in [0.05, 0.1) is 11.1 Å². The molecule has 0 radical (unpaired) electrons. The van der Waals surface area contributed by atoms with Crippen molar-refractivity contribution in [1.82, 2.24) is 4.72 Å². The van der Waals surface area contributed by atoms with Gasteiger partial charge in [0.2, 0.25) is 10.0 Å². The predicted molar refractivity (Wildman–Crippen MR) is 114 cm³/mol. The van der Waals surface area contributed by atoms with Gasteiger partial charge in [-0.3, -0.25) is 4.79 Å². The van der Waals surface area contributed by atoms with Gasteiger partial charge in [-0.25, -0.2) is 13.1 Å². The molecular formula is C21H25ClN2O4S. The third kappa shape index (κ3) is 5.57. The van der Waals surface area contributed by atoms with Crippen LogP contribution in [0.4, 0.5) is 5.69 Å². The minimum absolute atomic E-state index is 0.0585. The van der Waals surface area contributed by atoms with E-state index in [0.717, 1.165) is 18.4 Å². The van der Waals surface area contributed by atoms with E-state index in [2.05, 4.69) is 23.9 Å². The van der Waals surface area contributed by atoms with Crippen molar-refractivity contribution in [1.29, 1.82) is 0 Å². The van der Waals surface area contributed by atoms with Gasteiger partial charge in [0, 0.05) is 24.4 Å². The number of nitrogens with one attached hydrogen (secondary N) is 2. The number of amides is 1. The molecule has 3 rings (SSSR count). The average Bonchev–Trinajstić information content (AvgIpc) is 3.20. The molecule has 1 unspecified atom stereocenters. The molecule has 1 aliphatic heterocycles. The zero-order valence-corrected chi connectivity index (χ0v) is 18.0. The van der Waals surface area contributed by atoms with Gasteiger partial charge in [0.25, 0.3) is 5.91 Å². The predicted octanol–water partition coefficient (Wildman–Crippen LogP) is 4.17. The van der Waals surface area contributed by atoms with Crippen molar-refractivity contribution < 1.29 is 17.9 Å². The molecule has 1 saturated heterocycles. The summed E-state index contributed by atoms with van der Waals surface area (Å²) in [7, 11) is -3.87. The first-order valence-electron chi connectivity index (χ1n) is 9.58. The molecule has 1 fully saturated rings. The number of sulfonamides is 1. The van der Waals surface area contributed by atoms with Crippen LogP contribution in [0.25, 0.3) is 0 Å². The number of carbonyl (C=O) groups is 1. The molecule has 1 aliphatic rings. The van der Waals surface area contributed by atoms with Crippen LogP contribution in [0.3, 0.4) is 0 Å². The van der Waals surface area contributed by atoms with Gasteiger partial charge in [0.1, 0.15) is 4.90 Å². The molecule has 2 aromatic carbocycles. The van der Waals surface area contributed by atoms with Crippen LogP contribution in [0.5, 0.6) is 0 Å². The minimum atomic E-state index is -3.87. The maximum absolute atomic E-state index is 12.7. The van der Waals surface area contributed by atoms with Crippen molar-refractivity contribution in [3.63, 3.8) is 0 Å². The monoisotopic (exact) mass is 436 g/mol. The molecule has 0 bridgehead atoms. The normalized spacial score (nSPS) is 16.9. The summed E-state index contributed by atoms with van der Waals surface area (Å²) in [5.41, 5.74) is 1.96. The van der Waals surface area contributed by atoms with Gasteiger partial charge in [0.15, 0.2) is 0 Å². The van der Waals surface area contributed by atoms with Gasteiger partial charge >= 0.3 is 0 Å².